The monoisotopic (exact) mass is 579 g/mol. The van der Waals surface area contributed by atoms with Crippen LogP contribution in [0.25, 0.3) is 10.2 Å². The number of methoxy groups -OCH3 is 1. The molecule has 2 aromatic heterocycles. The number of thiazole rings is 1. The zero-order valence-corrected chi connectivity index (χ0v) is 23.7. The van der Waals surface area contributed by atoms with E-state index in [9.17, 15) is 18.4 Å². The molecule has 0 saturated heterocycles. The lowest BCUT2D eigenvalue weighted by molar-refractivity contribution is 0.0126. The van der Waals surface area contributed by atoms with Gasteiger partial charge in [-0.2, -0.15) is 8.78 Å². The summed E-state index contributed by atoms with van der Waals surface area (Å²) in [5, 5.41) is 3.65. The van der Waals surface area contributed by atoms with Crippen LogP contribution in [0.5, 0.6) is 0 Å². The van der Waals surface area contributed by atoms with Gasteiger partial charge in [-0.3, -0.25) is 4.79 Å². The van der Waals surface area contributed by atoms with Crippen molar-refractivity contribution in [2.45, 2.75) is 51.1 Å². The molecule has 1 amide bonds. The Balaban J connectivity index is 1.28. The lowest BCUT2D eigenvalue weighted by Crippen LogP contribution is -2.19. The summed E-state index contributed by atoms with van der Waals surface area (Å²) in [6, 6.07) is 17.3. The highest BCUT2D eigenvalue weighted by Gasteiger charge is 2.28. The van der Waals surface area contributed by atoms with Crippen molar-refractivity contribution < 1.29 is 27.8 Å². The molecule has 0 spiro atoms. The van der Waals surface area contributed by atoms with Gasteiger partial charge in [-0.15, -0.1) is 11.3 Å². The Hall–Kier alpha value is -3.76. The molecular weight excluding hydrogens is 548 g/mol. The van der Waals surface area contributed by atoms with Gasteiger partial charge in [0.15, 0.2) is 0 Å². The molecule has 10 heteroatoms. The smallest absolute Gasteiger partial charge is 0.340 e. The molecular formula is C31H31F2N3O4S. The highest BCUT2D eigenvalue weighted by Crippen LogP contribution is 2.40. The highest BCUT2D eigenvalue weighted by atomic mass is 32.1. The topological polar surface area (TPSA) is 90.4 Å². The predicted octanol–water partition coefficient (Wildman–Crippen LogP) is 7.33. The fraction of sp³-hybridized carbons (Fsp3) is 0.355. The molecule has 5 rings (SSSR count). The maximum atomic E-state index is 13.7. The summed E-state index contributed by atoms with van der Waals surface area (Å²) in [6.45, 7) is 2.07. The van der Waals surface area contributed by atoms with Gasteiger partial charge in [0.2, 0.25) is 0 Å². The molecule has 1 aliphatic carbocycles. The minimum Gasteiger partial charge on any atom is -0.465 e. The van der Waals surface area contributed by atoms with E-state index >= 15 is 0 Å². The molecule has 7 nitrogen and oxygen atoms in total. The van der Waals surface area contributed by atoms with Crippen LogP contribution < -0.4 is 5.32 Å². The Morgan fingerprint density at radius 3 is 2.49 bits per heavy atom. The molecule has 4 aromatic rings. The van der Waals surface area contributed by atoms with E-state index in [-0.39, 0.29) is 16.9 Å². The van der Waals surface area contributed by atoms with Crippen molar-refractivity contribution in [1.29, 1.82) is 0 Å². The standard InChI is InChI=1S/C31H31F2N3O4S/c1-31(32,33)27-10-6-9-23(34-27)28(37)35-24-16-26-25(15-22(24)30(38)39-2)36-29(41-26)21-13-11-20(12-14-21)18-40-17-19-7-4-3-5-8-19/h3-10,15-16,20-21H,11-14,17-18H2,1-2H3,(H,35,37)/t20-,21-. The van der Waals surface area contributed by atoms with E-state index in [1.165, 1.54) is 36.1 Å². The molecule has 0 unspecified atom stereocenters. The Labute approximate surface area is 240 Å². The van der Waals surface area contributed by atoms with E-state index in [1.807, 2.05) is 18.2 Å². The Bertz CT molecular complexity index is 1530. The van der Waals surface area contributed by atoms with Crippen LogP contribution in [0.15, 0.2) is 60.7 Å². The van der Waals surface area contributed by atoms with Gasteiger partial charge in [0.25, 0.3) is 11.8 Å². The van der Waals surface area contributed by atoms with Gasteiger partial charge >= 0.3 is 5.97 Å². The maximum absolute atomic E-state index is 13.7. The fourth-order valence-corrected chi connectivity index (χ4v) is 6.19. The molecule has 1 saturated carbocycles. The number of anilines is 1. The second-order valence-electron chi connectivity index (χ2n) is 10.4. The molecule has 0 aliphatic heterocycles. The second-order valence-corrected chi connectivity index (χ2v) is 11.4. The first kappa shape index (κ1) is 28.8. The molecule has 0 atom stereocenters. The third-order valence-electron chi connectivity index (χ3n) is 7.29. The minimum atomic E-state index is -3.19. The number of carbonyl (C=O) groups excluding carboxylic acids is 2. The number of alkyl halides is 2. The number of fused-ring (bicyclic) bond motifs is 1. The van der Waals surface area contributed by atoms with Crippen LogP contribution >= 0.6 is 11.3 Å². The Morgan fingerprint density at radius 2 is 1.78 bits per heavy atom. The summed E-state index contributed by atoms with van der Waals surface area (Å²) in [7, 11) is 1.25. The van der Waals surface area contributed by atoms with E-state index in [0.717, 1.165) is 48.1 Å². The third-order valence-corrected chi connectivity index (χ3v) is 8.47. The highest BCUT2D eigenvalue weighted by molar-refractivity contribution is 7.18. The number of halogens is 2. The number of hydrogen-bond donors (Lipinski definition) is 1. The quantitative estimate of drug-likeness (QED) is 0.209. The van der Waals surface area contributed by atoms with Crippen LogP contribution in [0, 0.1) is 5.92 Å². The molecule has 1 aliphatic rings. The number of ether oxygens (including phenoxy) is 2. The first-order chi connectivity index (χ1) is 19.7. The van der Waals surface area contributed by atoms with Gasteiger partial charge < -0.3 is 14.8 Å². The third kappa shape index (κ3) is 6.94. The summed E-state index contributed by atoms with van der Waals surface area (Å²) < 4.78 is 39.2. The van der Waals surface area contributed by atoms with Crippen LogP contribution in [0.1, 0.15) is 75.6 Å². The molecule has 214 valence electrons. The number of nitrogens with one attached hydrogen (secondary N) is 1. The number of rotatable bonds is 9. The van der Waals surface area contributed by atoms with Gasteiger partial charge in [-0.1, -0.05) is 36.4 Å². The number of nitrogens with zero attached hydrogens (tertiary/aromatic N) is 2. The Kier molecular flexibility index (Phi) is 8.70. The van der Waals surface area contributed by atoms with Crippen LogP contribution in [-0.2, 0) is 22.0 Å². The zero-order valence-electron chi connectivity index (χ0n) is 22.9. The summed E-state index contributed by atoms with van der Waals surface area (Å²) >= 11 is 1.53. The molecule has 2 heterocycles. The summed E-state index contributed by atoms with van der Waals surface area (Å²) in [5.74, 6) is -3.73. The fourth-order valence-electron chi connectivity index (χ4n) is 5.03. The molecule has 0 bridgehead atoms. The summed E-state index contributed by atoms with van der Waals surface area (Å²) in [6.07, 6.45) is 4.09. The van der Waals surface area contributed by atoms with E-state index in [2.05, 4.69) is 22.4 Å². The van der Waals surface area contributed by atoms with Crippen molar-refractivity contribution in [1.82, 2.24) is 9.97 Å². The maximum Gasteiger partial charge on any atom is 0.340 e. The number of hydrogen-bond acceptors (Lipinski definition) is 7. The largest absolute Gasteiger partial charge is 0.465 e. The number of aromatic nitrogens is 2. The van der Waals surface area contributed by atoms with E-state index in [4.69, 9.17) is 14.5 Å². The molecule has 1 N–H and O–H groups in total. The zero-order chi connectivity index (χ0) is 29.0. The van der Waals surface area contributed by atoms with Crippen molar-refractivity contribution in [2.24, 2.45) is 5.92 Å². The molecule has 2 aromatic carbocycles. The first-order valence-electron chi connectivity index (χ1n) is 13.5. The lowest BCUT2D eigenvalue weighted by Gasteiger charge is -2.27. The van der Waals surface area contributed by atoms with Crippen molar-refractivity contribution in [3.63, 3.8) is 0 Å². The number of esters is 1. The van der Waals surface area contributed by atoms with Crippen LogP contribution in [-0.4, -0.2) is 35.6 Å². The van der Waals surface area contributed by atoms with E-state index in [0.29, 0.717) is 30.9 Å². The van der Waals surface area contributed by atoms with Gasteiger partial charge in [0, 0.05) is 19.4 Å². The number of carbonyl (C=O) groups is 2. The van der Waals surface area contributed by atoms with Crippen molar-refractivity contribution in [3.05, 3.63) is 88.2 Å². The summed E-state index contributed by atoms with van der Waals surface area (Å²) in [4.78, 5) is 34.2. The van der Waals surface area contributed by atoms with E-state index in [1.54, 1.807) is 12.1 Å². The van der Waals surface area contributed by atoms with Gasteiger partial charge in [0.1, 0.15) is 11.4 Å². The average Bonchev–Trinajstić information content (AvgIpc) is 3.40. The van der Waals surface area contributed by atoms with Gasteiger partial charge in [-0.05, 0) is 61.4 Å². The predicted molar refractivity (Wildman–Crippen MR) is 154 cm³/mol. The first-order valence-corrected chi connectivity index (χ1v) is 14.3. The Morgan fingerprint density at radius 1 is 1.02 bits per heavy atom. The van der Waals surface area contributed by atoms with E-state index < -0.39 is 23.5 Å². The molecule has 41 heavy (non-hydrogen) atoms. The van der Waals surface area contributed by atoms with Gasteiger partial charge in [-0.25, -0.2) is 14.8 Å². The van der Waals surface area contributed by atoms with Crippen molar-refractivity contribution in [3.8, 4) is 0 Å². The average molecular weight is 580 g/mol. The van der Waals surface area contributed by atoms with Crippen LogP contribution in [0.3, 0.4) is 0 Å². The second kappa shape index (κ2) is 12.4. The number of amides is 1. The summed E-state index contributed by atoms with van der Waals surface area (Å²) in [5.41, 5.74) is 1.45. The molecule has 0 radical (unpaired) electrons. The normalized spacial score (nSPS) is 17.4. The van der Waals surface area contributed by atoms with Crippen LogP contribution in [0.2, 0.25) is 0 Å². The number of benzene rings is 2. The van der Waals surface area contributed by atoms with Crippen molar-refractivity contribution >= 4 is 39.1 Å². The van der Waals surface area contributed by atoms with Gasteiger partial charge in [0.05, 0.1) is 40.2 Å². The lowest BCUT2D eigenvalue weighted by atomic mass is 9.83. The molecule has 1 fully saturated rings. The minimum absolute atomic E-state index is 0.126. The SMILES string of the molecule is COC(=O)c1cc2nc([C@H]3CC[C@H](COCc4ccccc4)CC3)sc2cc1NC(=O)c1cccc(C(C)(F)F)n1. The van der Waals surface area contributed by atoms with Crippen molar-refractivity contribution in [2.75, 3.05) is 19.0 Å². The van der Waals surface area contributed by atoms with Crippen LogP contribution in [0.4, 0.5) is 14.5 Å². The number of pyridine rings is 1.